The summed E-state index contributed by atoms with van der Waals surface area (Å²) in [6.07, 6.45) is 0.618. The molecule has 7 nitrogen and oxygen atoms in total. The quantitative estimate of drug-likeness (QED) is 0.671. The van der Waals surface area contributed by atoms with Crippen molar-refractivity contribution in [1.82, 2.24) is 9.03 Å². The largest absolute Gasteiger partial charge is 0.327 e. The van der Waals surface area contributed by atoms with Crippen LogP contribution in [-0.4, -0.2) is 58.3 Å². The smallest absolute Gasteiger partial charge is 0.215 e. The van der Waals surface area contributed by atoms with Gasteiger partial charge in [-0.3, -0.25) is 0 Å². The van der Waals surface area contributed by atoms with E-state index in [0.29, 0.717) is 19.5 Å². The molecular weight excluding hydrogens is 302 g/mol. The van der Waals surface area contributed by atoms with E-state index in [1.807, 2.05) is 13.8 Å². The van der Waals surface area contributed by atoms with Crippen LogP contribution in [0.2, 0.25) is 0 Å². The molecule has 0 saturated carbocycles. The van der Waals surface area contributed by atoms with Gasteiger partial charge in [0, 0.05) is 25.7 Å². The average Bonchev–Trinajstić information content (AvgIpc) is 2.32. The highest BCUT2D eigenvalue weighted by molar-refractivity contribution is 7.90. The topological polar surface area (TPSA) is 110 Å². The van der Waals surface area contributed by atoms with Crippen LogP contribution >= 0.6 is 0 Å². The van der Waals surface area contributed by atoms with Crippen molar-refractivity contribution in [3.8, 4) is 0 Å². The molecule has 1 aliphatic rings. The Balaban J connectivity index is 2.62. The van der Waals surface area contributed by atoms with Gasteiger partial charge in [0.25, 0.3) is 0 Å². The molecule has 9 heteroatoms. The summed E-state index contributed by atoms with van der Waals surface area (Å²) in [6, 6.07) is -0.0208. The van der Waals surface area contributed by atoms with Gasteiger partial charge in [0.05, 0.1) is 11.5 Å². The highest BCUT2D eigenvalue weighted by Gasteiger charge is 2.37. The summed E-state index contributed by atoms with van der Waals surface area (Å²) >= 11 is 0. The van der Waals surface area contributed by atoms with Crippen LogP contribution in [0, 0.1) is 5.41 Å². The highest BCUT2D eigenvalue weighted by Crippen LogP contribution is 2.29. The molecule has 0 radical (unpaired) electrons. The van der Waals surface area contributed by atoms with Crippen LogP contribution in [-0.2, 0) is 20.0 Å². The second kappa shape index (κ2) is 6.27. The lowest BCUT2D eigenvalue weighted by Crippen LogP contribution is -2.54. The van der Waals surface area contributed by atoms with Gasteiger partial charge in [0.2, 0.25) is 20.0 Å². The van der Waals surface area contributed by atoms with Crippen molar-refractivity contribution in [3.63, 3.8) is 0 Å². The maximum Gasteiger partial charge on any atom is 0.215 e. The van der Waals surface area contributed by atoms with E-state index in [2.05, 4.69) is 4.72 Å². The molecule has 120 valence electrons. The number of rotatable bonds is 6. The van der Waals surface area contributed by atoms with Crippen molar-refractivity contribution in [2.75, 3.05) is 31.1 Å². The van der Waals surface area contributed by atoms with Gasteiger partial charge in [-0.2, -0.15) is 0 Å². The normalized spacial score (nSPS) is 24.7. The zero-order chi connectivity index (χ0) is 15.6. The van der Waals surface area contributed by atoms with Crippen molar-refractivity contribution >= 4 is 20.0 Å². The van der Waals surface area contributed by atoms with Gasteiger partial charge in [-0.15, -0.1) is 0 Å². The van der Waals surface area contributed by atoms with E-state index in [1.54, 1.807) is 0 Å². The van der Waals surface area contributed by atoms with Gasteiger partial charge in [0.1, 0.15) is 0 Å². The van der Waals surface area contributed by atoms with Crippen LogP contribution < -0.4 is 10.5 Å². The molecule has 0 aromatic heterocycles. The maximum atomic E-state index is 12.2. The predicted octanol–water partition coefficient (Wildman–Crippen LogP) is -0.685. The van der Waals surface area contributed by atoms with Gasteiger partial charge in [-0.25, -0.2) is 25.9 Å². The first-order valence-electron chi connectivity index (χ1n) is 6.71. The van der Waals surface area contributed by atoms with E-state index in [1.165, 1.54) is 11.2 Å². The summed E-state index contributed by atoms with van der Waals surface area (Å²) < 4.78 is 50.6. The number of nitrogens with two attached hydrogens (primary N) is 1. The Morgan fingerprint density at radius 3 is 2.40 bits per heavy atom. The zero-order valence-electron chi connectivity index (χ0n) is 12.3. The summed E-state index contributed by atoms with van der Waals surface area (Å²) in [5.74, 6) is -0.282. The van der Waals surface area contributed by atoms with Crippen LogP contribution in [0.3, 0.4) is 0 Å². The fourth-order valence-electron chi connectivity index (χ4n) is 2.12. The van der Waals surface area contributed by atoms with E-state index in [-0.39, 0.29) is 29.5 Å². The van der Waals surface area contributed by atoms with E-state index < -0.39 is 20.0 Å². The monoisotopic (exact) mass is 327 g/mol. The molecule has 1 unspecified atom stereocenters. The average molecular weight is 327 g/mol. The number of nitrogens with one attached hydrogen (secondary N) is 1. The number of piperidine rings is 1. The number of nitrogens with zero attached hydrogens (tertiary/aromatic N) is 1. The molecule has 1 rings (SSSR count). The summed E-state index contributed by atoms with van der Waals surface area (Å²) in [6.45, 7) is 6.07. The molecule has 1 fully saturated rings. The third-order valence-electron chi connectivity index (χ3n) is 3.73. The highest BCUT2D eigenvalue weighted by atomic mass is 32.2. The Bertz CT molecular complexity index is 528. The Hall–Kier alpha value is -0.220. The second-order valence-electron chi connectivity index (χ2n) is 5.83. The Morgan fingerprint density at radius 1 is 1.30 bits per heavy atom. The first-order chi connectivity index (χ1) is 9.00. The molecule has 0 aliphatic carbocycles. The lowest BCUT2D eigenvalue weighted by Gasteiger charge is -2.41. The summed E-state index contributed by atoms with van der Waals surface area (Å²) in [7, 11) is -6.81. The molecule has 0 spiro atoms. The Morgan fingerprint density at radius 2 is 1.90 bits per heavy atom. The molecule has 1 saturated heterocycles. The van der Waals surface area contributed by atoms with Crippen molar-refractivity contribution in [3.05, 3.63) is 0 Å². The predicted molar refractivity (Wildman–Crippen MR) is 79.2 cm³/mol. The molecule has 0 aromatic rings. The molecule has 3 N–H and O–H groups in total. The lowest BCUT2D eigenvalue weighted by atomic mass is 9.81. The summed E-state index contributed by atoms with van der Waals surface area (Å²) in [5.41, 5.74) is 5.71. The minimum absolute atomic E-state index is 0.0208. The fourth-order valence-corrected chi connectivity index (χ4v) is 4.40. The minimum atomic E-state index is -3.46. The van der Waals surface area contributed by atoms with Gasteiger partial charge >= 0.3 is 0 Å². The first-order valence-corrected chi connectivity index (χ1v) is 9.97. The standard InChI is InChI=1S/C11H25N3O4S2/c1-4-19(15,16)13-6-8-20(17,18)14-7-5-10(12)11(2,3)9-14/h10,13H,4-9,12H2,1-3H3. The van der Waals surface area contributed by atoms with Gasteiger partial charge in [-0.05, 0) is 18.8 Å². The molecule has 0 bridgehead atoms. The van der Waals surface area contributed by atoms with E-state index in [4.69, 9.17) is 5.73 Å². The molecule has 0 amide bonds. The van der Waals surface area contributed by atoms with Gasteiger partial charge in [-0.1, -0.05) is 13.8 Å². The minimum Gasteiger partial charge on any atom is -0.327 e. The molecular formula is C11H25N3O4S2. The van der Waals surface area contributed by atoms with Crippen molar-refractivity contribution in [2.45, 2.75) is 33.2 Å². The SMILES string of the molecule is CCS(=O)(=O)NCCS(=O)(=O)N1CCC(N)C(C)(C)C1. The van der Waals surface area contributed by atoms with Crippen molar-refractivity contribution in [1.29, 1.82) is 0 Å². The van der Waals surface area contributed by atoms with Crippen LogP contribution in [0.1, 0.15) is 27.2 Å². The molecule has 1 atom stereocenters. The fraction of sp³-hybridized carbons (Fsp3) is 1.00. The van der Waals surface area contributed by atoms with E-state index in [0.717, 1.165) is 0 Å². The van der Waals surface area contributed by atoms with E-state index in [9.17, 15) is 16.8 Å². The third-order valence-corrected chi connectivity index (χ3v) is 6.96. The van der Waals surface area contributed by atoms with Gasteiger partial charge < -0.3 is 5.73 Å². The summed E-state index contributed by atoms with van der Waals surface area (Å²) in [5, 5.41) is 0. The molecule has 20 heavy (non-hydrogen) atoms. The van der Waals surface area contributed by atoms with Crippen LogP contribution in [0.4, 0.5) is 0 Å². The third kappa shape index (κ3) is 4.66. The number of sulfonamides is 2. The lowest BCUT2D eigenvalue weighted by molar-refractivity contribution is 0.155. The Labute approximate surface area is 122 Å². The second-order valence-corrected chi connectivity index (χ2v) is 10.0. The maximum absolute atomic E-state index is 12.2. The molecule has 1 aliphatic heterocycles. The number of hydrogen-bond acceptors (Lipinski definition) is 5. The van der Waals surface area contributed by atoms with E-state index >= 15 is 0 Å². The van der Waals surface area contributed by atoms with Crippen molar-refractivity contribution < 1.29 is 16.8 Å². The molecule has 0 aromatic carbocycles. The zero-order valence-corrected chi connectivity index (χ0v) is 13.9. The van der Waals surface area contributed by atoms with Gasteiger partial charge in [0.15, 0.2) is 0 Å². The first kappa shape index (κ1) is 17.8. The number of hydrogen-bond donors (Lipinski definition) is 2. The molecule has 1 heterocycles. The van der Waals surface area contributed by atoms with Crippen LogP contribution in [0.25, 0.3) is 0 Å². The van der Waals surface area contributed by atoms with Crippen LogP contribution in [0.5, 0.6) is 0 Å². The Kier molecular flexibility index (Phi) is 5.59. The van der Waals surface area contributed by atoms with Crippen molar-refractivity contribution in [2.24, 2.45) is 11.1 Å². The van der Waals surface area contributed by atoms with Crippen LogP contribution in [0.15, 0.2) is 0 Å². The summed E-state index contributed by atoms with van der Waals surface area (Å²) in [4.78, 5) is 0.